The van der Waals surface area contributed by atoms with E-state index in [1.165, 1.54) is 0 Å². The minimum atomic E-state index is 0.0488. The van der Waals surface area contributed by atoms with E-state index < -0.39 is 0 Å². The van der Waals surface area contributed by atoms with Crippen LogP contribution >= 0.6 is 0 Å². The van der Waals surface area contributed by atoms with Crippen molar-refractivity contribution >= 4 is 5.82 Å². The summed E-state index contributed by atoms with van der Waals surface area (Å²) in [5.41, 5.74) is 1.80. The average Bonchev–Trinajstić information content (AvgIpc) is 2.24. The zero-order chi connectivity index (χ0) is 9.30. The summed E-state index contributed by atoms with van der Waals surface area (Å²) in [7, 11) is 5.76. The largest absolute Gasteiger partial charge is 0.391 e. The third-order valence-electron chi connectivity index (χ3n) is 1.89. The molecular weight excluding hydrogens is 154 g/mol. The lowest BCUT2D eigenvalue weighted by atomic mass is 10.2. The molecule has 0 bridgehead atoms. The van der Waals surface area contributed by atoms with Gasteiger partial charge in [0.05, 0.1) is 12.3 Å². The lowest BCUT2D eigenvalue weighted by Gasteiger charge is -2.13. The van der Waals surface area contributed by atoms with Crippen molar-refractivity contribution in [3.8, 4) is 0 Å². The van der Waals surface area contributed by atoms with E-state index in [4.69, 9.17) is 5.11 Å². The number of hydrogen-bond donors (Lipinski definition) is 1. The molecule has 4 heteroatoms. The van der Waals surface area contributed by atoms with Gasteiger partial charge in [0.2, 0.25) is 0 Å². The summed E-state index contributed by atoms with van der Waals surface area (Å²) >= 11 is 0. The van der Waals surface area contributed by atoms with Crippen molar-refractivity contribution in [3.05, 3.63) is 11.3 Å². The summed E-state index contributed by atoms with van der Waals surface area (Å²) in [4.78, 5) is 1.95. The van der Waals surface area contributed by atoms with Crippen LogP contribution in [0.3, 0.4) is 0 Å². The van der Waals surface area contributed by atoms with Gasteiger partial charge in [-0.05, 0) is 6.92 Å². The molecule has 0 saturated carbocycles. The molecule has 0 unspecified atom stereocenters. The van der Waals surface area contributed by atoms with Crippen molar-refractivity contribution < 1.29 is 5.11 Å². The van der Waals surface area contributed by atoms with E-state index in [-0.39, 0.29) is 6.61 Å². The fourth-order valence-corrected chi connectivity index (χ4v) is 1.43. The number of aliphatic hydroxyl groups excluding tert-OH is 1. The number of hydrogen-bond acceptors (Lipinski definition) is 3. The first-order valence-electron chi connectivity index (χ1n) is 3.88. The van der Waals surface area contributed by atoms with Gasteiger partial charge < -0.3 is 10.0 Å². The Kier molecular flexibility index (Phi) is 2.38. The smallest absolute Gasteiger partial charge is 0.131 e. The first-order valence-corrected chi connectivity index (χ1v) is 3.88. The minimum Gasteiger partial charge on any atom is -0.391 e. The summed E-state index contributed by atoms with van der Waals surface area (Å²) < 4.78 is 1.78. The topological polar surface area (TPSA) is 41.3 Å². The molecule has 0 atom stereocenters. The lowest BCUT2D eigenvalue weighted by molar-refractivity contribution is 0.281. The second kappa shape index (κ2) is 3.15. The van der Waals surface area contributed by atoms with Crippen molar-refractivity contribution in [1.82, 2.24) is 9.78 Å². The molecular formula is C8H15N3O. The second-order valence-electron chi connectivity index (χ2n) is 3.06. The van der Waals surface area contributed by atoms with Crippen LogP contribution in [0.2, 0.25) is 0 Å². The Bertz CT molecular complexity index is 278. The normalized spacial score (nSPS) is 10.4. The van der Waals surface area contributed by atoms with E-state index in [9.17, 15) is 0 Å². The lowest BCUT2D eigenvalue weighted by Crippen LogP contribution is -2.14. The summed E-state index contributed by atoms with van der Waals surface area (Å²) in [5, 5.41) is 13.3. The summed E-state index contributed by atoms with van der Waals surface area (Å²) in [6.45, 7) is 1.95. The van der Waals surface area contributed by atoms with E-state index >= 15 is 0 Å². The van der Waals surface area contributed by atoms with Crippen molar-refractivity contribution in [2.24, 2.45) is 7.05 Å². The number of aryl methyl sites for hydroxylation is 2. The molecule has 1 N–H and O–H groups in total. The fourth-order valence-electron chi connectivity index (χ4n) is 1.43. The molecule has 0 aliphatic carbocycles. The summed E-state index contributed by atoms with van der Waals surface area (Å²) in [6, 6.07) is 0. The molecule has 0 aromatic carbocycles. The Labute approximate surface area is 72.4 Å². The average molecular weight is 169 g/mol. The Morgan fingerprint density at radius 3 is 2.42 bits per heavy atom. The Balaban J connectivity index is 3.23. The molecule has 4 nitrogen and oxygen atoms in total. The maximum atomic E-state index is 9.08. The Hall–Kier alpha value is -1.03. The predicted octanol–water partition coefficient (Wildman–Crippen LogP) is 0.287. The van der Waals surface area contributed by atoms with Crippen molar-refractivity contribution in [3.63, 3.8) is 0 Å². The number of rotatable bonds is 2. The Morgan fingerprint density at radius 2 is 2.08 bits per heavy atom. The van der Waals surface area contributed by atoms with Crippen LogP contribution in [0.25, 0.3) is 0 Å². The molecule has 1 rings (SSSR count). The number of aliphatic hydroxyl groups is 1. The van der Waals surface area contributed by atoms with E-state index in [1.807, 2.05) is 33.0 Å². The molecule has 0 radical (unpaired) electrons. The SMILES string of the molecule is Cc1nn(C)c(N(C)C)c1CO. The molecule has 1 heterocycles. The molecule has 0 aliphatic rings. The van der Waals surface area contributed by atoms with Gasteiger partial charge in [-0.1, -0.05) is 0 Å². The van der Waals surface area contributed by atoms with Crippen LogP contribution in [0.1, 0.15) is 11.3 Å². The van der Waals surface area contributed by atoms with Crippen LogP contribution in [0, 0.1) is 6.92 Å². The standard InChI is InChI=1S/C8H15N3O/c1-6-7(5-12)8(10(2)3)11(4)9-6/h12H,5H2,1-4H3. The van der Waals surface area contributed by atoms with Crippen LogP contribution < -0.4 is 4.90 Å². The number of aromatic nitrogens is 2. The highest BCUT2D eigenvalue weighted by molar-refractivity contribution is 5.48. The van der Waals surface area contributed by atoms with Gasteiger partial charge >= 0.3 is 0 Å². The van der Waals surface area contributed by atoms with E-state index in [0.717, 1.165) is 17.1 Å². The molecule has 12 heavy (non-hydrogen) atoms. The van der Waals surface area contributed by atoms with Crippen molar-refractivity contribution in [2.45, 2.75) is 13.5 Å². The fraction of sp³-hybridized carbons (Fsp3) is 0.625. The van der Waals surface area contributed by atoms with E-state index in [1.54, 1.807) is 4.68 Å². The molecule has 0 spiro atoms. The highest BCUT2D eigenvalue weighted by atomic mass is 16.3. The minimum absolute atomic E-state index is 0.0488. The highest BCUT2D eigenvalue weighted by Crippen LogP contribution is 2.20. The molecule has 0 aliphatic heterocycles. The first-order chi connectivity index (χ1) is 5.57. The molecule has 1 aromatic rings. The van der Waals surface area contributed by atoms with E-state index in [0.29, 0.717) is 0 Å². The van der Waals surface area contributed by atoms with E-state index in [2.05, 4.69) is 5.10 Å². The molecule has 0 fully saturated rings. The van der Waals surface area contributed by atoms with Gasteiger partial charge in [0.1, 0.15) is 5.82 Å². The Morgan fingerprint density at radius 1 is 1.50 bits per heavy atom. The maximum absolute atomic E-state index is 9.08. The summed E-state index contributed by atoms with van der Waals surface area (Å²) in [6.07, 6.45) is 0. The van der Waals surface area contributed by atoms with Gasteiger partial charge in [0.15, 0.2) is 0 Å². The summed E-state index contributed by atoms with van der Waals surface area (Å²) in [5.74, 6) is 0.968. The number of nitrogens with zero attached hydrogens (tertiary/aromatic N) is 3. The molecule has 0 saturated heterocycles. The second-order valence-corrected chi connectivity index (χ2v) is 3.06. The quantitative estimate of drug-likeness (QED) is 0.691. The van der Waals surface area contributed by atoms with Crippen LogP contribution in [0.5, 0.6) is 0 Å². The van der Waals surface area contributed by atoms with Crippen LogP contribution in [0.4, 0.5) is 5.82 Å². The van der Waals surface area contributed by atoms with Gasteiger partial charge in [-0.15, -0.1) is 0 Å². The van der Waals surface area contributed by atoms with Crippen LogP contribution in [-0.4, -0.2) is 29.0 Å². The first kappa shape index (κ1) is 9.06. The predicted molar refractivity (Wildman–Crippen MR) is 48.2 cm³/mol. The molecule has 0 amide bonds. The zero-order valence-electron chi connectivity index (χ0n) is 8.00. The molecule has 1 aromatic heterocycles. The molecule has 68 valence electrons. The van der Waals surface area contributed by atoms with Crippen molar-refractivity contribution in [2.75, 3.05) is 19.0 Å². The van der Waals surface area contributed by atoms with Gasteiger partial charge in [0.25, 0.3) is 0 Å². The third-order valence-corrected chi connectivity index (χ3v) is 1.89. The monoisotopic (exact) mass is 169 g/mol. The van der Waals surface area contributed by atoms with Crippen LogP contribution in [0.15, 0.2) is 0 Å². The third kappa shape index (κ3) is 1.30. The maximum Gasteiger partial charge on any atom is 0.131 e. The van der Waals surface area contributed by atoms with Gasteiger partial charge in [-0.25, -0.2) is 0 Å². The highest BCUT2D eigenvalue weighted by Gasteiger charge is 2.12. The zero-order valence-corrected chi connectivity index (χ0v) is 8.00. The van der Waals surface area contributed by atoms with Gasteiger partial charge in [0, 0.05) is 26.7 Å². The number of anilines is 1. The van der Waals surface area contributed by atoms with Gasteiger partial charge in [-0.3, -0.25) is 4.68 Å². The van der Waals surface area contributed by atoms with Crippen LogP contribution in [-0.2, 0) is 13.7 Å². The van der Waals surface area contributed by atoms with Crippen molar-refractivity contribution in [1.29, 1.82) is 0 Å². The van der Waals surface area contributed by atoms with Gasteiger partial charge in [-0.2, -0.15) is 5.10 Å².